The normalized spacial score (nSPS) is 28.8. The quantitative estimate of drug-likeness (QED) is 0.702. The van der Waals surface area contributed by atoms with Crippen molar-refractivity contribution in [1.29, 1.82) is 0 Å². The predicted molar refractivity (Wildman–Crippen MR) is 72.7 cm³/mol. The Kier molecular flexibility index (Phi) is 5.89. The topological polar surface area (TPSA) is 33.7 Å². The highest BCUT2D eigenvalue weighted by Gasteiger charge is 2.31. The lowest BCUT2D eigenvalue weighted by Crippen LogP contribution is -2.47. The molecule has 2 atom stereocenters. The summed E-state index contributed by atoms with van der Waals surface area (Å²) in [7, 11) is 0. The van der Waals surface area contributed by atoms with Gasteiger partial charge in [0.1, 0.15) is 0 Å². The Morgan fingerprint density at radius 1 is 1.17 bits per heavy atom. The summed E-state index contributed by atoms with van der Waals surface area (Å²) in [6, 6.07) is 1.47. The SMILES string of the molecule is CCOC(CNC1CCN2CCCC2C1)OCC. The van der Waals surface area contributed by atoms with Crippen molar-refractivity contribution in [3.63, 3.8) is 0 Å². The molecule has 0 aliphatic carbocycles. The first kappa shape index (κ1) is 14.3. The lowest BCUT2D eigenvalue weighted by Gasteiger charge is -2.35. The van der Waals surface area contributed by atoms with Gasteiger partial charge in [-0.1, -0.05) is 0 Å². The Morgan fingerprint density at radius 3 is 2.67 bits per heavy atom. The van der Waals surface area contributed by atoms with Gasteiger partial charge < -0.3 is 19.7 Å². The highest BCUT2D eigenvalue weighted by molar-refractivity contribution is 4.89. The molecule has 2 fully saturated rings. The van der Waals surface area contributed by atoms with Gasteiger partial charge in [0.05, 0.1) is 0 Å². The molecule has 1 N–H and O–H groups in total. The summed E-state index contributed by atoms with van der Waals surface area (Å²) in [6.07, 6.45) is 5.25. The van der Waals surface area contributed by atoms with Crippen molar-refractivity contribution in [3.05, 3.63) is 0 Å². The molecule has 0 aromatic rings. The average Bonchev–Trinajstić information content (AvgIpc) is 2.84. The maximum Gasteiger partial charge on any atom is 0.169 e. The average molecular weight is 256 g/mol. The van der Waals surface area contributed by atoms with E-state index in [4.69, 9.17) is 9.47 Å². The standard InChI is InChI=1S/C14H28N2O2/c1-3-17-14(18-4-2)11-15-12-7-9-16-8-5-6-13(16)10-12/h12-15H,3-11H2,1-2H3. The summed E-state index contributed by atoms with van der Waals surface area (Å²) in [4.78, 5) is 2.65. The van der Waals surface area contributed by atoms with Crippen molar-refractivity contribution < 1.29 is 9.47 Å². The lowest BCUT2D eigenvalue weighted by atomic mass is 9.97. The zero-order chi connectivity index (χ0) is 12.8. The molecule has 4 nitrogen and oxygen atoms in total. The molecule has 0 spiro atoms. The van der Waals surface area contributed by atoms with E-state index in [9.17, 15) is 0 Å². The maximum atomic E-state index is 5.56. The highest BCUT2D eigenvalue weighted by atomic mass is 16.7. The zero-order valence-electron chi connectivity index (χ0n) is 11.9. The smallest absolute Gasteiger partial charge is 0.169 e. The number of nitrogens with one attached hydrogen (secondary N) is 1. The van der Waals surface area contributed by atoms with E-state index < -0.39 is 0 Å². The van der Waals surface area contributed by atoms with Crippen LogP contribution in [-0.4, -0.2) is 56.1 Å². The Hall–Kier alpha value is -0.160. The summed E-state index contributed by atoms with van der Waals surface area (Å²) >= 11 is 0. The fourth-order valence-electron chi connectivity index (χ4n) is 3.21. The molecule has 0 aromatic carbocycles. The zero-order valence-corrected chi connectivity index (χ0v) is 11.9. The van der Waals surface area contributed by atoms with Gasteiger partial charge in [0, 0.05) is 31.8 Å². The first-order valence-corrected chi connectivity index (χ1v) is 7.54. The Balaban J connectivity index is 1.69. The van der Waals surface area contributed by atoms with E-state index in [2.05, 4.69) is 10.2 Å². The first-order valence-electron chi connectivity index (χ1n) is 7.54. The van der Waals surface area contributed by atoms with Gasteiger partial charge in [-0.3, -0.25) is 0 Å². The molecule has 2 saturated heterocycles. The van der Waals surface area contributed by atoms with Crippen LogP contribution in [0.2, 0.25) is 0 Å². The molecule has 2 rings (SSSR count). The molecule has 0 bridgehead atoms. The highest BCUT2D eigenvalue weighted by Crippen LogP contribution is 2.26. The van der Waals surface area contributed by atoms with Crippen molar-refractivity contribution in [2.24, 2.45) is 0 Å². The van der Waals surface area contributed by atoms with E-state index >= 15 is 0 Å². The summed E-state index contributed by atoms with van der Waals surface area (Å²) in [5.41, 5.74) is 0. The van der Waals surface area contributed by atoms with Crippen LogP contribution >= 0.6 is 0 Å². The fourth-order valence-corrected chi connectivity index (χ4v) is 3.21. The van der Waals surface area contributed by atoms with Gasteiger partial charge >= 0.3 is 0 Å². The third-order valence-corrected chi connectivity index (χ3v) is 4.10. The summed E-state index contributed by atoms with van der Waals surface area (Å²) in [6.45, 7) is 8.86. The molecule has 0 radical (unpaired) electrons. The summed E-state index contributed by atoms with van der Waals surface area (Å²) in [5, 5.41) is 3.63. The summed E-state index contributed by atoms with van der Waals surface area (Å²) < 4.78 is 11.1. The van der Waals surface area contributed by atoms with E-state index in [1.54, 1.807) is 0 Å². The van der Waals surface area contributed by atoms with Crippen LogP contribution in [-0.2, 0) is 9.47 Å². The first-order chi connectivity index (χ1) is 8.83. The van der Waals surface area contributed by atoms with Crippen LogP contribution in [0.3, 0.4) is 0 Å². The fraction of sp³-hybridized carbons (Fsp3) is 1.00. The number of nitrogens with zero attached hydrogens (tertiary/aromatic N) is 1. The molecule has 0 saturated carbocycles. The molecule has 106 valence electrons. The van der Waals surface area contributed by atoms with Gasteiger partial charge in [-0.25, -0.2) is 0 Å². The van der Waals surface area contributed by atoms with Crippen LogP contribution in [0.1, 0.15) is 39.5 Å². The molecule has 2 unspecified atom stereocenters. The van der Waals surface area contributed by atoms with Gasteiger partial charge in [-0.2, -0.15) is 0 Å². The van der Waals surface area contributed by atoms with Gasteiger partial charge in [-0.05, 0) is 52.6 Å². The number of fused-ring (bicyclic) bond motifs is 1. The molecule has 0 aromatic heterocycles. The third kappa shape index (κ3) is 3.92. The van der Waals surface area contributed by atoms with Gasteiger partial charge in [0.15, 0.2) is 6.29 Å². The van der Waals surface area contributed by atoms with Crippen molar-refractivity contribution in [2.75, 3.05) is 32.8 Å². The minimum absolute atomic E-state index is 0.0818. The van der Waals surface area contributed by atoms with E-state index in [1.807, 2.05) is 13.8 Å². The molecule has 2 aliphatic rings. The van der Waals surface area contributed by atoms with Crippen LogP contribution in [0, 0.1) is 0 Å². The molecule has 2 aliphatic heterocycles. The molecular formula is C14H28N2O2. The van der Waals surface area contributed by atoms with E-state index in [0.29, 0.717) is 19.3 Å². The molecule has 0 amide bonds. The number of rotatable bonds is 7. The molecule has 2 heterocycles. The second-order valence-electron chi connectivity index (χ2n) is 5.30. The maximum absolute atomic E-state index is 5.56. The van der Waals surface area contributed by atoms with Gasteiger partial charge in [-0.15, -0.1) is 0 Å². The van der Waals surface area contributed by atoms with E-state index in [1.165, 1.54) is 38.8 Å². The largest absolute Gasteiger partial charge is 0.352 e. The summed E-state index contributed by atoms with van der Waals surface area (Å²) in [5.74, 6) is 0. The van der Waals surface area contributed by atoms with Crippen LogP contribution in [0.15, 0.2) is 0 Å². The van der Waals surface area contributed by atoms with E-state index in [0.717, 1.165) is 12.6 Å². The molecule has 4 heteroatoms. The third-order valence-electron chi connectivity index (χ3n) is 4.10. The van der Waals surface area contributed by atoms with Crippen LogP contribution < -0.4 is 5.32 Å². The van der Waals surface area contributed by atoms with Crippen LogP contribution in [0.25, 0.3) is 0 Å². The minimum Gasteiger partial charge on any atom is -0.352 e. The Morgan fingerprint density at radius 2 is 1.94 bits per heavy atom. The number of piperidine rings is 1. The predicted octanol–water partition coefficient (Wildman–Crippen LogP) is 1.60. The lowest BCUT2D eigenvalue weighted by molar-refractivity contribution is -0.134. The second-order valence-corrected chi connectivity index (χ2v) is 5.30. The van der Waals surface area contributed by atoms with Crippen LogP contribution in [0.4, 0.5) is 0 Å². The van der Waals surface area contributed by atoms with Gasteiger partial charge in [0.2, 0.25) is 0 Å². The Bertz CT molecular complexity index is 232. The van der Waals surface area contributed by atoms with Crippen molar-refractivity contribution in [3.8, 4) is 0 Å². The second kappa shape index (κ2) is 7.43. The number of hydrogen-bond acceptors (Lipinski definition) is 4. The number of ether oxygens (including phenoxy) is 2. The van der Waals surface area contributed by atoms with Gasteiger partial charge in [0.25, 0.3) is 0 Å². The van der Waals surface area contributed by atoms with Crippen LogP contribution in [0.5, 0.6) is 0 Å². The van der Waals surface area contributed by atoms with Crippen molar-refractivity contribution >= 4 is 0 Å². The monoisotopic (exact) mass is 256 g/mol. The van der Waals surface area contributed by atoms with Crippen molar-refractivity contribution in [2.45, 2.75) is 57.9 Å². The number of hydrogen-bond donors (Lipinski definition) is 1. The minimum atomic E-state index is -0.0818. The molecular weight excluding hydrogens is 228 g/mol. The Labute approximate surface area is 111 Å². The molecule has 18 heavy (non-hydrogen) atoms. The van der Waals surface area contributed by atoms with Crippen molar-refractivity contribution in [1.82, 2.24) is 10.2 Å². The van der Waals surface area contributed by atoms with E-state index in [-0.39, 0.29) is 6.29 Å².